The number of carbonyl (C=O) groups excluding carboxylic acids is 1. The van der Waals surface area contributed by atoms with E-state index in [9.17, 15) is 4.79 Å². The van der Waals surface area contributed by atoms with E-state index >= 15 is 0 Å². The molecule has 21 heavy (non-hydrogen) atoms. The molecular weight excluding hydrogens is 270 g/mol. The number of hydrogen-bond acceptors (Lipinski definition) is 4. The molecule has 1 N–H and O–H groups in total. The number of ether oxygens (including phenoxy) is 2. The maximum Gasteiger partial charge on any atom is 0.258 e. The van der Waals surface area contributed by atoms with E-state index in [1.807, 2.05) is 18.2 Å². The van der Waals surface area contributed by atoms with E-state index < -0.39 is 0 Å². The normalized spacial score (nSPS) is 17.6. The summed E-state index contributed by atoms with van der Waals surface area (Å²) in [6.07, 6.45) is 5.18. The Morgan fingerprint density at radius 1 is 1.38 bits per heavy atom. The van der Waals surface area contributed by atoms with E-state index in [0.29, 0.717) is 17.9 Å². The maximum atomic E-state index is 11.9. The molecule has 1 aromatic carbocycles. The molecule has 5 nitrogen and oxygen atoms in total. The second kappa shape index (κ2) is 6.45. The standard InChI is InChI=1S/C16H17NO4/c18-16(12-6-8-19-10-12)17-13-3-1-4-14(9-13)21-11-15-5-2-7-20-15/h1,3-4,6,8-10,15H,2,5,7,11H2,(H,17,18). The molecule has 1 unspecified atom stereocenters. The van der Waals surface area contributed by atoms with Crippen LogP contribution >= 0.6 is 0 Å². The minimum atomic E-state index is -0.208. The van der Waals surface area contributed by atoms with Gasteiger partial charge in [0, 0.05) is 18.4 Å². The van der Waals surface area contributed by atoms with Crippen LogP contribution in [0, 0.1) is 0 Å². The fraction of sp³-hybridized carbons (Fsp3) is 0.312. The van der Waals surface area contributed by atoms with Crippen LogP contribution in [0.25, 0.3) is 0 Å². The van der Waals surface area contributed by atoms with Crippen LogP contribution in [-0.4, -0.2) is 25.2 Å². The summed E-state index contributed by atoms with van der Waals surface area (Å²) in [5.74, 6) is 0.510. The lowest BCUT2D eigenvalue weighted by atomic mass is 10.2. The summed E-state index contributed by atoms with van der Waals surface area (Å²) in [5.41, 5.74) is 1.17. The van der Waals surface area contributed by atoms with Gasteiger partial charge in [-0.05, 0) is 31.0 Å². The average Bonchev–Trinajstić information content (AvgIpc) is 3.19. The quantitative estimate of drug-likeness (QED) is 0.918. The molecule has 0 radical (unpaired) electrons. The number of rotatable bonds is 5. The van der Waals surface area contributed by atoms with Crippen LogP contribution in [-0.2, 0) is 4.74 Å². The Kier molecular flexibility index (Phi) is 4.21. The number of anilines is 1. The van der Waals surface area contributed by atoms with E-state index in [-0.39, 0.29) is 12.0 Å². The molecule has 0 aliphatic carbocycles. The fourth-order valence-corrected chi connectivity index (χ4v) is 2.23. The van der Waals surface area contributed by atoms with Crippen molar-refractivity contribution in [3.63, 3.8) is 0 Å². The highest BCUT2D eigenvalue weighted by molar-refractivity contribution is 6.04. The monoisotopic (exact) mass is 287 g/mol. The summed E-state index contributed by atoms with van der Waals surface area (Å²) in [6, 6.07) is 8.94. The summed E-state index contributed by atoms with van der Waals surface area (Å²) in [6.45, 7) is 1.36. The Hall–Kier alpha value is -2.27. The second-order valence-corrected chi connectivity index (χ2v) is 4.94. The summed E-state index contributed by atoms with van der Waals surface area (Å²) < 4.78 is 16.1. The molecule has 1 fully saturated rings. The van der Waals surface area contributed by atoms with Crippen molar-refractivity contribution in [2.24, 2.45) is 0 Å². The van der Waals surface area contributed by atoms with Gasteiger partial charge in [-0.25, -0.2) is 0 Å². The zero-order chi connectivity index (χ0) is 14.5. The van der Waals surface area contributed by atoms with Gasteiger partial charge >= 0.3 is 0 Å². The molecule has 1 aliphatic heterocycles. The van der Waals surface area contributed by atoms with Crippen molar-refractivity contribution < 1.29 is 18.7 Å². The Morgan fingerprint density at radius 2 is 2.33 bits per heavy atom. The highest BCUT2D eigenvalue weighted by atomic mass is 16.5. The molecule has 0 saturated carbocycles. The van der Waals surface area contributed by atoms with Gasteiger partial charge in [0.1, 0.15) is 18.6 Å². The van der Waals surface area contributed by atoms with Crippen LogP contribution in [0.5, 0.6) is 5.75 Å². The van der Waals surface area contributed by atoms with Crippen molar-refractivity contribution in [2.75, 3.05) is 18.5 Å². The topological polar surface area (TPSA) is 60.7 Å². The average molecular weight is 287 g/mol. The lowest BCUT2D eigenvalue weighted by Gasteiger charge is -2.12. The third-order valence-corrected chi connectivity index (χ3v) is 3.34. The van der Waals surface area contributed by atoms with Crippen LogP contribution in [0.2, 0.25) is 0 Å². The van der Waals surface area contributed by atoms with Crippen LogP contribution in [0.4, 0.5) is 5.69 Å². The highest BCUT2D eigenvalue weighted by Crippen LogP contribution is 2.20. The van der Waals surface area contributed by atoms with E-state index in [1.54, 1.807) is 12.1 Å². The van der Waals surface area contributed by atoms with Gasteiger partial charge in [0.15, 0.2) is 0 Å². The molecule has 1 atom stereocenters. The van der Waals surface area contributed by atoms with Crippen LogP contribution in [0.1, 0.15) is 23.2 Å². The lowest BCUT2D eigenvalue weighted by Crippen LogP contribution is -2.16. The smallest absolute Gasteiger partial charge is 0.258 e. The third kappa shape index (κ3) is 3.64. The van der Waals surface area contributed by atoms with Gasteiger partial charge in [-0.1, -0.05) is 6.07 Å². The predicted octanol–water partition coefficient (Wildman–Crippen LogP) is 3.09. The van der Waals surface area contributed by atoms with Gasteiger partial charge in [0.2, 0.25) is 0 Å². The molecule has 0 bridgehead atoms. The van der Waals surface area contributed by atoms with E-state index in [0.717, 1.165) is 25.2 Å². The van der Waals surface area contributed by atoms with Gasteiger partial charge in [0.25, 0.3) is 5.91 Å². The first kappa shape index (κ1) is 13.7. The zero-order valence-electron chi connectivity index (χ0n) is 11.6. The molecule has 0 spiro atoms. The van der Waals surface area contributed by atoms with Crippen molar-refractivity contribution in [2.45, 2.75) is 18.9 Å². The van der Waals surface area contributed by atoms with Crippen LogP contribution in [0.3, 0.4) is 0 Å². The van der Waals surface area contributed by atoms with Gasteiger partial charge in [-0.2, -0.15) is 0 Å². The summed E-state index contributed by atoms with van der Waals surface area (Å²) in [7, 11) is 0. The maximum absolute atomic E-state index is 11.9. The number of furan rings is 1. The van der Waals surface area contributed by atoms with Crippen molar-refractivity contribution in [3.05, 3.63) is 48.4 Å². The van der Waals surface area contributed by atoms with Crippen molar-refractivity contribution in [1.82, 2.24) is 0 Å². The second-order valence-electron chi connectivity index (χ2n) is 4.94. The van der Waals surface area contributed by atoms with Crippen molar-refractivity contribution >= 4 is 11.6 Å². The van der Waals surface area contributed by atoms with E-state index in [2.05, 4.69) is 5.32 Å². The lowest BCUT2D eigenvalue weighted by molar-refractivity contribution is 0.0680. The summed E-state index contributed by atoms with van der Waals surface area (Å²) in [4.78, 5) is 11.9. The number of carbonyl (C=O) groups is 1. The van der Waals surface area contributed by atoms with Gasteiger partial charge in [-0.3, -0.25) is 4.79 Å². The van der Waals surface area contributed by atoms with Gasteiger partial charge < -0.3 is 19.2 Å². The molecule has 2 heterocycles. The minimum absolute atomic E-state index is 0.175. The minimum Gasteiger partial charge on any atom is -0.491 e. The molecule has 5 heteroatoms. The molecule has 2 aromatic rings. The van der Waals surface area contributed by atoms with Crippen LogP contribution in [0.15, 0.2) is 47.3 Å². The first-order chi connectivity index (χ1) is 10.3. The third-order valence-electron chi connectivity index (χ3n) is 3.34. The summed E-state index contributed by atoms with van der Waals surface area (Å²) in [5, 5.41) is 2.80. The number of hydrogen-bond donors (Lipinski definition) is 1. The SMILES string of the molecule is O=C(Nc1cccc(OCC2CCCO2)c1)c1ccoc1. The Labute approximate surface area is 122 Å². The molecule has 1 saturated heterocycles. The van der Waals surface area contributed by atoms with Crippen LogP contribution < -0.4 is 10.1 Å². The number of nitrogens with one attached hydrogen (secondary N) is 1. The molecule has 1 aromatic heterocycles. The Morgan fingerprint density at radius 3 is 3.10 bits per heavy atom. The summed E-state index contributed by atoms with van der Waals surface area (Å²) >= 11 is 0. The Bertz CT molecular complexity index is 588. The Balaban J connectivity index is 1.58. The molecular formula is C16H17NO4. The van der Waals surface area contributed by atoms with E-state index in [1.165, 1.54) is 12.5 Å². The van der Waals surface area contributed by atoms with Crippen molar-refractivity contribution in [1.29, 1.82) is 0 Å². The molecule has 1 aliphatic rings. The number of benzene rings is 1. The molecule has 1 amide bonds. The molecule has 3 rings (SSSR count). The predicted molar refractivity (Wildman–Crippen MR) is 77.6 cm³/mol. The first-order valence-electron chi connectivity index (χ1n) is 6.99. The van der Waals surface area contributed by atoms with E-state index in [4.69, 9.17) is 13.9 Å². The highest BCUT2D eigenvalue weighted by Gasteiger charge is 2.16. The number of amides is 1. The van der Waals surface area contributed by atoms with Crippen molar-refractivity contribution in [3.8, 4) is 5.75 Å². The molecule has 110 valence electrons. The van der Waals surface area contributed by atoms with Gasteiger partial charge in [0.05, 0.1) is 17.9 Å². The van der Waals surface area contributed by atoms with Gasteiger partial charge in [-0.15, -0.1) is 0 Å². The largest absolute Gasteiger partial charge is 0.491 e. The zero-order valence-corrected chi connectivity index (χ0v) is 11.6. The fourth-order valence-electron chi connectivity index (χ4n) is 2.23. The first-order valence-corrected chi connectivity index (χ1v) is 6.99.